The van der Waals surface area contributed by atoms with Crippen molar-refractivity contribution < 1.29 is 27.8 Å². The van der Waals surface area contributed by atoms with Crippen LogP contribution in [0.25, 0.3) is 11.1 Å². The fraction of sp³-hybridized carbons (Fsp3) is 0.556. The summed E-state index contributed by atoms with van der Waals surface area (Å²) in [5.41, 5.74) is 3.06. The molecule has 1 aromatic heterocycles. The molecule has 38 heavy (non-hydrogen) atoms. The van der Waals surface area contributed by atoms with Gasteiger partial charge in [-0.2, -0.15) is 13.2 Å². The number of aromatic nitrogens is 1. The third-order valence-electron chi connectivity index (χ3n) is 7.59. The highest BCUT2D eigenvalue weighted by Gasteiger charge is 2.42. The Morgan fingerprint density at radius 1 is 1.18 bits per heavy atom. The monoisotopic (exact) mass is 533 g/mol. The Balaban J connectivity index is 1.37. The number of ether oxygens (including phenoxy) is 1. The second kappa shape index (κ2) is 10.6. The number of carbonyl (C=O) groups excluding carboxylic acids is 1. The SMILES string of the molecule is Cc1ccc(NC(=O)N2CCC(CC(F)(F)F)C2)cc1-c1cc(NC2(CO)CC2)nc(N2CCOCC2)c1. The zero-order valence-corrected chi connectivity index (χ0v) is 21.5. The molecule has 1 unspecified atom stereocenters. The van der Waals surface area contributed by atoms with Gasteiger partial charge in [0, 0.05) is 38.3 Å². The third-order valence-corrected chi connectivity index (χ3v) is 7.59. The molecule has 1 aromatic carbocycles. The Kier molecular flexibility index (Phi) is 7.41. The smallest absolute Gasteiger partial charge is 0.389 e. The number of likely N-dealkylation sites (tertiary alicyclic amines) is 1. The van der Waals surface area contributed by atoms with E-state index < -0.39 is 24.5 Å². The van der Waals surface area contributed by atoms with Crippen LogP contribution in [0.15, 0.2) is 30.3 Å². The normalized spacial score (nSPS) is 20.9. The maximum atomic E-state index is 12.8. The number of aliphatic hydroxyl groups is 1. The number of hydrogen-bond donors (Lipinski definition) is 3. The van der Waals surface area contributed by atoms with Crippen LogP contribution in [0.5, 0.6) is 0 Å². The fourth-order valence-electron chi connectivity index (χ4n) is 5.16. The maximum absolute atomic E-state index is 12.8. The highest BCUT2D eigenvalue weighted by molar-refractivity contribution is 5.91. The van der Waals surface area contributed by atoms with E-state index in [4.69, 9.17) is 9.72 Å². The number of anilines is 3. The number of halogens is 3. The first-order valence-corrected chi connectivity index (χ1v) is 13.1. The Labute approximate surface area is 220 Å². The summed E-state index contributed by atoms with van der Waals surface area (Å²) in [6.07, 6.45) is -2.99. The largest absolute Gasteiger partial charge is 0.394 e. The van der Waals surface area contributed by atoms with Crippen molar-refractivity contribution in [3.05, 3.63) is 35.9 Å². The lowest BCUT2D eigenvalue weighted by atomic mass is 10.00. The van der Waals surface area contributed by atoms with Gasteiger partial charge in [-0.3, -0.25) is 0 Å². The van der Waals surface area contributed by atoms with E-state index in [1.54, 1.807) is 6.07 Å². The van der Waals surface area contributed by atoms with Crippen LogP contribution in [0.3, 0.4) is 0 Å². The zero-order chi connectivity index (χ0) is 26.9. The van der Waals surface area contributed by atoms with E-state index in [1.165, 1.54) is 4.90 Å². The molecule has 1 aliphatic carbocycles. The molecular weight excluding hydrogens is 499 g/mol. The van der Waals surface area contributed by atoms with E-state index in [9.17, 15) is 23.1 Å². The average molecular weight is 534 g/mol. The van der Waals surface area contributed by atoms with Gasteiger partial charge in [0.15, 0.2) is 0 Å². The summed E-state index contributed by atoms with van der Waals surface area (Å²) in [4.78, 5) is 21.3. The highest BCUT2D eigenvalue weighted by atomic mass is 19.4. The van der Waals surface area contributed by atoms with Gasteiger partial charge >= 0.3 is 12.2 Å². The van der Waals surface area contributed by atoms with Crippen molar-refractivity contribution in [2.24, 2.45) is 5.92 Å². The molecule has 8 nitrogen and oxygen atoms in total. The Hall–Kier alpha value is -3.05. The van der Waals surface area contributed by atoms with Gasteiger partial charge in [0.2, 0.25) is 0 Å². The molecule has 206 valence electrons. The lowest BCUT2D eigenvalue weighted by molar-refractivity contribution is -0.143. The Morgan fingerprint density at radius 3 is 2.63 bits per heavy atom. The molecule has 3 heterocycles. The van der Waals surface area contributed by atoms with Crippen molar-refractivity contribution in [1.82, 2.24) is 9.88 Å². The molecule has 1 saturated carbocycles. The molecule has 5 rings (SSSR count). The van der Waals surface area contributed by atoms with E-state index in [2.05, 4.69) is 15.5 Å². The molecule has 0 bridgehead atoms. The van der Waals surface area contributed by atoms with Crippen LogP contribution in [0.1, 0.15) is 31.2 Å². The van der Waals surface area contributed by atoms with Crippen molar-refractivity contribution in [2.75, 3.05) is 61.5 Å². The van der Waals surface area contributed by atoms with Crippen LogP contribution in [0, 0.1) is 12.8 Å². The molecule has 0 spiro atoms. The van der Waals surface area contributed by atoms with E-state index in [-0.39, 0.29) is 18.7 Å². The number of amides is 2. The van der Waals surface area contributed by atoms with Crippen molar-refractivity contribution >= 4 is 23.4 Å². The molecule has 3 aliphatic rings. The standard InChI is InChI=1S/C27H34F3N5O3/c1-18-2-3-21(31-25(37)35-7-4-19(16-35)15-27(28,29)30)14-22(18)20-12-23(33-26(17-36)5-6-26)32-24(13-20)34-8-10-38-11-9-34/h2-3,12-14,19,36H,4-11,15-17H2,1H3,(H,31,37)(H,32,33). The van der Waals surface area contributed by atoms with Gasteiger partial charge < -0.3 is 30.3 Å². The number of urea groups is 1. The number of pyridine rings is 1. The van der Waals surface area contributed by atoms with Crippen molar-refractivity contribution in [2.45, 2.75) is 44.3 Å². The second-order valence-corrected chi connectivity index (χ2v) is 10.6. The summed E-state index contributed by atoms with van der Waals surface area (Å²) in [6.45, 7) is 5.11. The minimum absolute atomic E-state index is 0.0344. The first kappa shape index (κ1) is 26.6. The van der Waals surface area contributed by atoms with Crippen LogP contribution in [-0.2, 0) is 4.74 Å². The van der Waals surface area contributed by atoms with E-state index in [0.717, 1.165) is 48.4 Å². The van der Waals surface area contributed by atoms with Crippen LogP contribution >= 0.6 is 0 Å². The van der Waals surface area contributed by atoms with Crippen LogP contribution in [0.4, 0.5) is 35.3 Å². The van der Waals surface area contributed by atoms with Gasteiger partial charge in [0.1, 0.15) is 11.6 Å². The maximum Gasteiger partial charge on any atom is 0.389 e. The Morgan fingerprint density at radius 2 is 1.95 bits per heavy atom. The lowest BCUT2D eigenvalue weighted by Gasteiger charge is -2.29. The average Bonchev–Trinajstić information content (AvgIpc) is 3.51. The summed E-state index contributed by atoms with van der Waals surface area (Å²) < 4.78 is 43.8. The molecule has 0 radical (unpaired) electrons. The zero-order valence-electron chi connectivity index (χ0n) is 21.5. The number of morpholine rings is 1. The van der Waals surface area contributed by atoms with E-state index in [0.29, 0.717) is 37.7 Å². The van der Waals surface area contributed by atoms with Gasteiger partial charge in [-0.15, -0.1) is 0 Å². The number of alkyl halides is 3. The Bertz CT molecular complexity index is 1170. The molecule has 2 amide bonds. The molecule has 1 atom stereocenters. The van der Waals surface area contributed by atoms with Gasteiger partial charge in [0.25, 0.3) is 0 Å². The first-order chi connectivity index (χ1) is 18.1. The fourth-order valence-corrected chi connectivity index (χ4v) is 5.16. The summed E-state index contributed by atoms with van der Waals surface area (Å²) in [7, 11) is 0. The van der Waals surface area contributed by atoms with Crippen LogP contribution in [0.2, 0.25) is 0 Å². The number of carbonyl (C=O) groups is 1. The minimum Gasteiger partial charge on any atom is -0.394 e. The van der Waals surface area contributed by atoms with Gasteiger partial charge in [-0.05, 0) is 73.1 Å². The highest BCUT2D eigenvalue weighted by Crippen LogP contribution is 2.40. The minimum atomic E-state index is -4.22. The second-order valence-electron chi connectivity index (χ2n) is 10.6. The summed E-state index contributed by atoms with van der Waals surface area (Å²) in [6, 6.07) is 9.18. The predicted octanol–water partition coefficient (Wildman–Crippen LogP) is 4.64. The van der Waals surface area contributed by atoms with Crippen molar-refractivity contribution in [1.29, 1.82) is 0 Å². The topological polar surface area (TPSA) is 90.0 Å². The number of nitrogens with zero attached hydrogens (tertiary/aromatic N) is 3. The molecule has 3 fully saturated rings. The predicted molar refractivity (Wildman–Crippen MR) is 139 cm³/mol. The molecule has 3 N–H and O–H groups in total. The molecule has 2 saturated heterocycles. The van der Waals surface area contributed by atoms with Crippen molar-refractivity contribution in [3.63, 3.8) is 0 Å². The first-order valence-electron chi connectivity index (χ1n) is 13.1. The number of aryl methyl sites for hydroxylation is 1. The van der Waals surface area contributed by atoms with Crippen LogP contribution < -0.4 is 15.5 Å². The van der Waals surface area contributed by atoms with Gasteiger partial charge in [0.05, 0.1) is 25.4 Å². The third kappa shape index (κ3) is 6.32. The van der Waals surface area contributed by atoms with Crippen LogP contribution in [-0.4, -0.2) is 78.7 Å². The summed E-state index contributed by atoms with van der Waals surface area (Å²) in [5.74, 6) is 0.921. The van der Waals surface area contributed by atoms with Gasteiger partial charge in [-0.1, -0.05) is 6.07 Å². The number of aliphatic hydroxyl groups excluding tert-OH is 1. The molecule has 2 aromatic rings. The number of rotatable bonds is 7. The lowest BCUT2D eigenvalue weighted by Crippen LogP contribution is -2.37. The molecule has 11 heteroatoms. The van der Waals surface area contributed by atoms with E-state index in [1.807, 2.05) is 31.2 Å². The quantitative estimate of drug-likeness (QED) is 0.481. The summed E-state index contributed by atoms with van der Waals surface area (Å²) >= 11 is 0. The molecular formula is C27H34F3N5O3. The summed E-state index contributed by atoms with van der Waals surface area (Å²) in [5, 5.41) is 16.1. The number of hydrogen-bond acceptors (Lipinski definition) is 6. The van der Waals surface area contributed by atoms with Gasteiger partial charge in [-0.25, -0.2) is 9.78 Å². The van der Waals surface area contributed by atoms with Crippen molar-refractivity contribution in [3.8, 4) is 11.1 Å². The van der Waals surface area contributed by atoms with E-state index >= 15 is 0 Å². The number of benzene rings is 1. The molecule has 2 aliphatic heterocycles. The number of nitrogens with one attached hydrogen (secondary N) is 2.